The number of nitrogens with one attached hydrogen (secondary N) is 2. The van der Waals surface area contributed by atoms with Gasteiger partial charge in [-0.15, -0.1) is 0 Å². The van der Waals surface area contributed by atoms with Crippen molar-refractivity contribution in [3.8, 4) is 23.0 Å². The Labute approximate surface area is 480 Å². The van der Waals surface area contributed by atoms with Gasteiger partial charge in [-0.3, -0.25) is 19.4 Å². The summed E-state index contributed by atoms with van der Waals surface area (Å²) in [5, 5.41) is 8.24. The first-order valence-electron chi connectivity index (χ1n) is 25.5. The van der Waals surface area contributed by atoms with Gasteiger partial charge >= 0.3 is 0 Å². The molecule has 2 aliphatic carbocycles. The Bertz CT molecular complexity index is 2750. The highest BCUT2D eigenvalue weighted by Crippen LogP contribution is 2.37. The van der Waals surface area contributed by atoms with E-state index in [2.05, 4.69) is 105 Å². The number of thioether (sulfide) groups is 1. The van der Waals surface area contributed by atoms with Crippen LogP contribution in [-0.4, -0.2) is 126 Å². The number of alkyl halides is 1. The fourth-order valence-electron chi connectivity index (χ4n) is 10.2. The van der Waals surface area contributed by atoms with Gasteiger partial charge in [-0.1, -0.05) is 86.5 Å². The second-order valence-electron chi connectivity index (χ2n) is 18.7. The average Bonchev–Trinajstić information content (AvgIpc) is 4.31. The van der Waals surface area contributed by atoms with Crippen molar-refractivity contribution in [3.63, 3.8) is 0 Å². The fourth-order valence-corrected chi connectivity index (χ4v) is 12.1. The van der Waals surface area contributed by atoms with Gasteiger partial charge in [0.25, 0.3) is 0 Å². The number of nitrogens with two attached hydrogens (primary N) is 2. The number of fused-ring (bicyclic) bond motifs is 2. The van der Waals surface area contributed by atoms with Crippen LogP contribution in [0, 0.1) is 0 Å². The normalized spacial score (nSPS) is 17.1. The van der Waals surface area contributed by atoms with Crippen molar-refractivity contribution in [3.05, 3.63) is 101 Å². The summed E-state index contributed by atoms with van der Waals surface area (Å²) in [5.74, 6) is 3.52. The van der Waals surface area contributed by atoms with E-state index >= 15 is 0 Å². The van der Waals surface area contributed by atoms with E-state index in [0.29, 0.717) is 59.7 Å². The number of nitrogens with zero attached hydrogens (tertiary/aromatic N) is 6. The van der Waals surface area contributed by atoms with Crippen molar-refractivity contribution in [1.82, 2.24) is 14.8 Å². The number of hydrogen-bond acceptors (Lipinski definition) is 16. The van der Waals surface area contributed by atoms with Crippen LogP contribution in [0.15, 0.2) is 89.9 Å². The number of Topliss-reactive ketones (excluding diaryl/α,β-unsaturated/α-hetero) is 1. The van der Waals surface area contributed by atoms with Crippen LogP contribution in [-0.2, 0) is 0 Å². The molecule has 0 radical (unpaired) electrons. The van der Waals surface area contributed by atoms with E-state index in [1.54, 1.807) is 36.4 Å². The minimum Gasteiger partial charge on any atom is -0.454 e. The Kier molecular flexibility index (Phi) is 23.5. The van der Waals surface area contributed by atoms with Crippen LogP contribution in [0.25, 0.3) is 0 Å². The molecule has 1 unspecified atom stereocenters. The molecule has 4 aliphatic heterocycles. The Morgan fingerprint density at radius 2 is 1.18 bits per heavy atom. The molecule has 1 aromatic heterocycles. The van der Waals surface area contributed by atoms with Gasteiger partial charge in [-0.2, -0.15) is 14.9 Å². The van der Waals surface area contributed by atoms with Crippen LogP contribution >= 0.6 is 61.1 Å². The maximum absolute atomic E-state index is 13.0. The lowest BCUT2D eigenvalue weighted by atomic mass is 10.1. The predicted octanol–water partition coefficient (Wildman–Crippen LogP) is 11.3. The van der Waals surface area contributed by atoms with Gasteiger partial charge in [0.05, 0.1) is 5.33 Å². The number of nitrogen functional groups attached to an aromatic ring is 1. The van der Waals surface area contributed by atoms with Crippen LogP contribution in [0.1, 0.15) is 98.7 Å². The molecule has 6 aliphatic rings. The maximum Gasteiger partial charge on any atom is 0.231 e. The lowest BCUT2D eigenvalue weighted by Crippen LogP contribution is -2.49. The molecule has 4 fully saturated rings. The van der Waals surface area contributed by atoms with Crippen molar-refractivity contribution in [2.45, 2.75) is 85.2 Å². The molecule has 4 aromatic carbocycles. The molecule has 1 atom stereocenters. The maximum atomic E-state index is 13.0. The van der Waals surface area contributed by atoms with Crippen molar-refractivity contribution >= 4 is 117 Å². The largest absolute Gasteiger partial charge is 0.454 e. The smallest absolute Gasteiger partial charge is 0.231 e. The highest BCUT2D eigenvalue weighted by Gasteiger charge is 2.28. The molecule has 0 spiro atoms. The standard InChI is InChI=1S/C26H29N5O3S.C19H29N5S2.C9H7BrO3.2CH4.H3P/c27-25-24(23(32)17-5-10-21-22(15-17)34-16-33-21)35-26(29-25)28-18-6-8-20(9-7-18)31-13-11-30(12-14-31)19-3-1-2-4-19;1-2-26-18(20)22-19(25)21-15-7-9-17(10-8-15)24-13-11-23(12-14-24)16-5-3-4-6-16;10-4-7(11)6-1-2-8-9(3-6)13-5-12-8;;;/h5-10,15,19H,1-4,11-14,16,27H2,(H,28,29);7-10,16H,2-6,11-14H2,1H3,(H3,20,21,22,25);1-3H,4-5H2;2*1H4;1H3. The van der Waals surface area contributed by atoms with Crippen LogP contribution in [0.4, 0.5) is 33.7 Å². The number of aliphatic imine (C=N–C) groups is 1. The Balaban J connectivity index is 0.000000202. The first kappa shape index (κ1) is 61.0. The van der Waals surface area contributed by atoms with Crippen molar-refractivity contribution < 1.29 is 28.5 Å². The molecular weight excluding hydrogens is 1120 g/mol. The number of carbonyl (C=O) groups excluding carboxylic acids is 2. The zero-order valence-corrected chi connectivity index (χ0v) is 47.9. The molecule has 0 bridgehead atoms. The van der Waals surface area contributed by atoms with Gasteiger partial charge in [0.15, 0.2) is 44.2 Å². The van der Waals surface area contributed by atoms with Crippen LogP contribution < -0.4 is 50.8 Å². The Hall–Kier alpha value is -5.21. The molecule has 5 heterocycles. The molecule has 5 aromatic rings. The monoisotopic (exact) mass is 1190 g/mol. The molecule has 2 saturated carbocycles. The van der Waals surface area contributed by atoms with Gasteiger partial charge in [0, 0.05) is 98.3 Å². The second kappa shape index (κ2) is 29.7. The number of thiocarbonyl (C=S) groups is 1. The van der Waals surface area contributed by atoms with E-state index in [1.807, 2.05) is 6.92 Å². The quantitative estimate of drug-likeness (QED) is 0.0231. The summed E-state index contributed by atoms with van der Waals surface area (Å²) in [5.41, 5.74) is 17.4. The number of ether oxygens (including phenoxy) is 4. The fraction of sp³-hybridized carbons (Fsp3) is 0.446. The molecule has 11 rings (SSSR count). The van der Waals surface area contributed by atoms with Crippen molar-refractivity contribution in [2.24, 2.45) is 10.7 Å². The topological polar surface area (TPSA) is 185 Å². The summed E-state index contributed by atoms with van der Waals surface area (Å²) in [6.45, 7) is 11.4. The molecule has 21 heteroatoms. The summed E-state index contributed by atoms with van der Waals surface area (Å²) in [7, 11) is 0. The van der Waals surface area contributed by atoms with Crippen LogP contribution in [0.5, 0.6) is 23.0 Å². The lowest BCUT2D eigenvalue weighted by Gasteiger charge is -2.39. The molecule has 6 N–H and O–H groups in total. The zero-order chi connectivity index (χ0) is 51.4. The SMILES string of the molecule is C.C.CCSC(N)=NC(=S)Nc1ccc(N2CCN(C3CCCC3)CC2)cc1.Nc1nc(Nc2ccc(N3CCN(C4CCCC4)CC3)cc2)sc1C(=O)c1ccc2c(c1)OCO2.O=C(CBr)c1ccc2c(c1)OCO2.P. The number of carbonyl (C=O) groups is 2. The Morgan fingerprint density at radius 3 is 1.68 bits per heavy atom. The van der Waals surface area contributed by atoms with E-state index in [1.165, 1.54) is 98.9 Å². The number of ketones is 2. The van der Waals surface area contributed by atoms with Crippen LogP contribution in [0.2, 0.25) is 0 Å². The van der Waals surface area contributed by atoms with Crippen molar-refractivity contribution in [2.75, 3.05) is 103 Å². The van der Waals surface area contributed by atoms with Gasteiger partial charge in [-0.05, 0) is 129 Å². The summed E-state index contributed by atoms with van der Waals surface area (Å²) >= 11 is 11.1. The number of aromatic nitrogens is 1. The number of halogens is 1. The Morgan fingerprint density at radius 1 is 0.714 bits per heavy atom. The third-order valence-corrected chi connectivity index (χ3v) is 16.5. The van der Waals surface area contributed by atoms with Crippen molar-refractivity contribution in [1.29, 1.82) is 0 Å². The average molecular weight is 1190 g/mol. The number of benzene rings is 4. The van der Waals surface area contributed by atoms with Crippen LogP contribution in [0.3, 0.4) is 0 Å². The minimum atomic E-state index is -0.182. The highest BCUT2D eigenvalue weighted by atomic mass is 79.9. The van der Waals surface area contributed by atoms with Gasteiger partial charge in [0.1, 0.15) is 10.7 Å². The predicted molar refractivity (Wildman–Crippen MR) is 332 cm³/mol. The summed E-state index contributed by atoms with van der Waals surface area (Å²) in [6.07, 6.45) is 11.1. The lowest BCUT2D eigenvalue weighted by molar-refractivity contribution is 0.102. The highest BCUT2D eigenvalue weighted by molar-refractivity contribution is 9.09. The van der Waals surface area contributed by atoms with Gasteiger partial charge < -0.3 is 50.8 Å². The zero-order valence-electron chi connectivity index (χ0n) is 42.5. The first-order chi connectivity index (χ1) is 36.1. The van der Waals surface area contributed by atoms with E-state index < -0.39 is 0 Å². The second-order valence-corrected chi connectivity index (χ2v) is 21.9. The number of anilines is 6. The summed E-state index contributed by atoms with van der Waals surface area (Å²) < 4.78 is 21.0. The molecule has 16 nitrogen and oxygen atoms in total. The number of thiazole rings is 1. The van der Waals surface area contributed by atoms with Gasteiger partial charge in [0.2, 0.25) is 19.4 Å². The molecular formula is C56H76BrN10O6PS3. The summed E-state index contributed by atoms with van der Waals surface area (Å²) in [4.78, 5) is 43.5. The summed E-state index contributed by atoms with van der Waals surface area (Å²) in [6, 6.07) is 28.8. The van der Waals surface area contributed by atoms with E-state index in [4.69, 9.17) is 42.6 Å². The third-order valence-electron chi connectivity index (χ3n) is 14.1. The van der Waals surface area contributed by atoms with Gasteiger partial charge in [-0.25, -0.2) is 4.98 Å². The molecule has 77 heavy (non-hydrogen) atoms. The number of piperazine rings is 2. The minimum absolute atomic E-state index is 0. The third kappa shape index (κ3) is 16.2. The first-order valence-corrected chi connectivity index (χ1v) is 28.9. The van der Waals surface area contributed by atoms with E-state index in [9.17, 15) is 9.59 Å². The molecule has 416 valence electrons. The number of amidine groups is 1. The van der Waals surface area contributed by atoms with E-state index in [0.717, 1.165) is 68.5 Å². The number of rotatable bonds is 12. The van der Waals surface area contributed by atoms with E-state index in [-0.39, 0.29) is 55.7 Å². The molecule has 0 amide bonds. The number of hydrogen-bond donors (Lipinski definition) is 4. The molecule has 2 saturated heterocycles.